The molecule has 0 saturated carbocycles. The van der Waals surface area contributed by atoms with E-state index in [0.29, 0.717) is 25.4 Å². The molecular weight excluding hydrogens is 258 g/mol. The number of aliphatic carboxylic acids is 1. The molecule has 2 heterocycles. The number of carboxylic acid groups (broad SMARTS) is 1. The number of nitrogens with zero attached hydrogens (tertiary/aromatic N) is 2. The zero-order valence-corrected chi connectivity index (χ0v) is 12.3. The van der Waals surface area contributed by atoms with Crippen molar-refractivity contribution < 1.29 is 14.7 Å². The highest BCUT2D eigenvalue weighted by Gasteiger charge is 2.35. The molecule has 2 aliphatic heterocycles. The quantitative estimate of drug-likeness (QED) is 0.789. The highest BCUT2D eigenvalue weighted by molar-refractivity contribution is 5.76. The number of hydrogen-bond donors (Lipinski definition) is 2. The lowest BCUT2D eigenvalue weighted by atomic mass is 9.97. The van der Waals surface area contributed by atoms with Crippen LogP contribution in [0.15, 0.2) is 0 Å². The molecule has 20 heavy (non-hydrogen) atoms. The van der Waals surface area contributed by atoms with E-state index >= 15 is 0 Å². The molecule has 6 heteroatoms. The van der Waals surface area contributed by atoms with Gasteiger partial charge in [0.15, 0.2) is 0 Å². The Morgan fingerprint density at radius 1 is 1.45 bits per heavy atom. The molecule has 0 radical (unpaired) electrons. The van der Waals surface area contributed by atoms with Gasteiger partial charge in [-0.25, -0.2) is 4.79 Å². The molecule has 2 fully saturated rings. The van der Waals surface area contributed by atoms with Crippen molar-refractivity contribution in [3.63, 3.8) is 0 Å². The van der Waals surface area contributed by atoms with E-state index in [9.17, 15) is 14.7 Å². The van der Waals surface area contributed by atoms with Crippen LogP contribution in [0.4, 0.5) is 4.79 Å². The monoisotopic (exact) mass is 283 g/mol. The van der Waals surface area contributed by atoms with Gasteiger partial charge >= 0.3 is 12.0 Å². The summed E-state index contributed by atoms with van der Waals surface area (Å²) in [6.45, 7) is 7.02. The Kier molecular flexibility index (Phi) is 4.86. The molecule has 2 rings (SSSR count). The molecule has 0 aromatic rings. The van der Waals surface area contributed by atoms with Gasteiger partial charge in [0.1, 0.15) is 6.04 Å². The lowest BCUT2D eigenvalue weighted by Crippen LogP contribution is -2.54. The smallest absolute Gasteiger partial charge is 0.320 e. The minimum absolute atomic E-state index is 0.00687. The third-order valence-electron chi connectivity index (χ3n) is 4.18. The Morgan fingerprint density at radius 2 is 2.20 bits per heavy atom. The van der Waals surface area contributed by atoms with Crippen LogP contribution in [0.1, 0.15) is 33.1 Å². The number of urea groups is 1. The number of carbonyl (C=O) groups excluding carboxylic acids is 1. The topological polar surface area (TPSA) is 72.9 Å². The van der Waals surface area contributed by atoms with Gasteiger partial charge in [-0.3, -0.25) is 9.69 Å². The fraction of sp³-hybridized carbons (Fsp3) is 0.857. The second kappa shape index (κ2) is 6.43. The lowest BCUT2D eigenvalue weighted by molar-refractivity contribution is -0.144. The predicted octanol–water partition coefficient (Wildman–Crippen LogP) is 0.975. The number of hydrogen-bond acceptors (Lipinski definition) is 3. The Bertz CT molecular complexity index is 373. The van der Waals surface area contributed by atoms with E-state index in [1.807, 2.05) is 23.6 Å². The summed E-state index contributed by atoms with van der Waals surface area (Å²) in [6, 6.07) is -0.281. The zero-order chi connectivity index (χ0) is 14.7. The van der Waals surface area contributed by atoms with Gasteiger partial charge in [-0.1, -0.05) is 13.8 Å². The molecule has 2 amide bonds. The minimum Gasteiger partial charge on any atom is -0.480 e. The van der Waals surface area contributed by atoms with Crippen molar-refractivity contribution in [2.75, 3.05) is 26.2 Å². The first-order chi connectivity index (χ1) is 9.49. The van der Waals surface area contributed by atoms with Crippen LogP contribution in [0.3, 0.4) is 0 Å². The van der Waals surface area contributed by atoms with E-state index in [4.69, 9.17) is 0 Å². The molecule has 2 N–H and O–H groups in total. The third-order valence-corrected chi connectivity index (χ3v) is 4.18. The van der Waals surface area contributed by atoms with Crippen molar-refractivity contribution in [3.8, 4) is 0 Å². The highest BCUT2D eigenvalue weighted by Crippen LogP contribution is 2.22. The van der Waals surface area contributed by atoms with Gasteiger partial charge in [0.25, 0.3) is 0 Å². The summed E-state index contributed by atoms with van der Waals surface area (Å²) in [7, 11) is 0. The summed E-state index contributed by atoms with van der Waals surface area (Å²) in [5.41, 5.74) is 0. The van der Waals surface area contributed by atoms with Gasteiger partial charge in [0.05, 0.1) is 0 Å². The van der Waals surface area contributed by atoms with Gasteiger partial charge in [-0.2, -0.15) is 0 Å². The Morgan fingerprint density at radius 3 is 2.75 bits per heavy atom. The van der Waals surface area contributed by atoms with Crippen LogP contribution in [-0.2, 0) is 4.79 Å². The van der Waals surface area contributed by atoms with Gasteiger partial charge in [0, 0.05) is 25.7 Å². The number of carboxylic acids is 1. The van der Waals surface area contributed by atoms with Crippen LogP contribution in [-0.4, -0.2) is 65.2 Å². The van der Waals surface area contributed by atoms with E-state index in [-0.39, 0.29) is 12.1 Å². The van der Waals surface area contributed by atoms with Crippen LogP contribution in [0.2, 0.25) is 0 Å². The minimum atomic E-state index is -0.745. The molecule has 2 unspecified atom stereocenters. The number of likely N-dealkylation sites (tertiary alicyclic amines) is 1. The second-order valence-electron chi connectivity index (χ2n) is 6.20. The first-order valence-corrected chi connectivity index (χ1v) is 7.50. The fourth-order valence-electron chi connectivity index (χ4n) is 3.21. The van der Waals surface area contributed by atoms with Crippen molar-refractivity contribution >= 4 is 12.0 Å². The van der Waals surface area contributed by atoms with Crippen LogP contribution in [0.5, 0.6) is 0 Å². The molecule has 0 aromatic heterocycles. The summed E-state index contributed by atoms with van der Waals surface area (Å²) < 4.78 is 0. The molecule has 2 saturated heterocycles. The lowest BCUT2D eigenvalue weighted by Gasteiger charge is -2.40. The summed E-state index contributed by atoms with van der Waals surface area (Å²) in [4.78, 5) is 27.1. The average Bonchev–Trinajstić information content (AvgIpc) is 2.82. The largest absolute Gasteiger partial charge is 0.480 e. The molecule has 2 atom stereocenters. The summed E-state index contributed by atoms with van der Waals surface area (Å²) in [6.07, 6.45) is 2.59. The molecule has 2 aliphatic rings. The average molecular weight is 283 g/mol. The van der Waals surface area contributed by atoms with Crippen LogP contribution in [0.25, 0.3) is 0 Å². The van der Waals surface area contributed by atoms with E-state index < -0.39 is 12.0 Å². The predicted molar refractivity (Wildman–Crippen MR) is 75.6 cm³/mol. The number of amides is 2. The number of nitrogens with one attached hydrogen (secondary N) is 1. The first kappa shape index (κ1) is 15.1. The van der Waals surface area contributed by atoms with Crippen molar-refractivity contribution in [2.24, 2.45) is 5.92 Å². The fourth-order valence-corrected chi connectivity index (χ4v) is 3.21. The maximum absolute atomic E-state index is 11.7. The number of piperidine rings is 1. The highest BCUT2D eigenvalue weighted by atomic mass is 16.4. The van der Waals surface area contributed by atoms with E-state index in [1.54, 1.807) is 0 Å². The van der Waals surface area contributed by atoms with E-state index in [1.165, 1.54) is 0 Å². The van der Waals surface area contributed by atoms with Gasteiger partial charge in [-0.15, -0.1) is 0 Å². The molecule has 0 aromatic carbocycles. The summed E-state index contributed by atoms with van der Waals surface area (Å²) >= 11 is 0. The number of carbonyl (C=O) groups is 2. The van der Waals surface area contributed by atoms with Crippen molar-refractivity contribution in [3.05, 3.63) is 0 Å². The molecule has 114 valence electrons. The molecular formula is C14H25N3O3. The molecule has 0 aliphatic carbocycles. The Balaban J connectivity index is 2.01. The number of rotatable bonds is 5. The van der Waals surface area contributed by atoms with Crippen molar-refractivity contribution in [2.45, 2.75) is 45.2 Å². The van der Waals surface area contributed by atoms with Crippen LogP contribution < -0.4 is 5.32 Å². The van der Waals surface area contributed by atoms with Gasteiger partial charge in [-0.05, 0) is 31.7 Å². The Hall–Kier alpha value is -1.30. The third kappa shape index (κ3) is 3.42. The summed E-state index contributed by atoms with van der Waals surface area (Å²) in [5.74, 6) is -0.392. The van der Waals surface area contributed by atoms with Crippen LogP contribution in [0, 0.1) is 5.92 Å². The summed E-state index contributed by atoms with van der Waals surface area (Å²) in [5, 5.41) is 12.3. The Labute approximate surface area is 120 Å². The van der Waals surface area contributed by atoms with E-state index in [2.05, 4.69) is 5.32 Å². The van der Waals surface area contributed by atoms with Crippen molar-refractivity contribution in [1.82, 2.24) is 15.1 Å². The first-order valence-electron chi connectivity index (χ1n) is 7.50. The molecule has 0 spiro atoms. The maximum atomic E-state index is 11.7. The van der Waals surface area contributed by atoms with E-state index in [0.717, 1.165) is 25.9 Å². The standard InChI is InChI=1S/C14H25N3O3/c1-10(2)8-12(13(18)19)16-6-3-4-11(9-16)17-7-5-15-14(17)20/h10-12H,3-9H2,1-2H3,(H,15,20)(H,18,19). The molecule has 0 bridgehead atoms. The maximum Gasteiger partial charge on any atom is 0.320 e. The van der Waals surface area contributed by atoms with Crippen molar-refractivity contribution in [1.29, 1.82) is 0 Å². The second-order valence-corrected chi connectivity index (χ2v) is 6.20. The van der Waals surface area contributed by atoms with Gasteiger partial charge < -0.3 is 15.3 Å². The zero-order valence-electron chi connectivity index (χ0n) is 12.3. The van der Waals surface area contributed by atoms with Gasteiger partial charge in [0.2, 0.25) is 0 Å². The SMILES string of the molecule is CC(C)CC(C(=O)O)N1CCCC(N2CCNC2=O)C1. The normalized spacial score (nSPS) is 25.9. The van der Waals surface area contributed by atoms with Crippen LogP contribution >= 0.6 is 0 Å². The molecule has 6 nitrogen and oxygen atoms in total.